The maximum atomic E-state index is 11.2. The maximum Gasteiger partial charge on any atom is 0.407 e. The number of amides is 1. The molecule has 1 heterocycles. The van der Waals surface area contributed by atoms with Crippen LogP contribution in [0, 0.1) is 0 Å². The van der Waals surface area contributed by atoms with Crippen molar-refractivity contribution in [3.05, 3.63) is 35.5 Å². The van der Waals surface area contributed by atoms with Crippen LogP contribution in [0.1, 0.15) is 11.3 Å². The number of H-pyrrole nitrogens is 1. The zero-order chi connectivity index (χ0) is 11.8. The van der Waals surface area contributed by atoms with Gasteiger partial charge in [-0.2, -0.15) is 0 Å². The Hall–Kier alpha value is -1.97. The van der Waals surface area contributed by atoms with Crippen molar-refractivity contribution in [3.8, 4) is 0 Å². The number of rotatable bonds is 1. The van der Waals surface area contributed by atoms with E-state index in [2.05, 4.69) is 27.2 Å². The molecule has 4 heteroatoms. The van der Waals surface area contributed by atoms with Crippen molar-refractivity contribution < 1.29 is 9.53 Å². The number of nitrogens with one attached hydrogen (secondary N) is 2. The highest BCUT2D eigenvalue weighted by Gasteiger charge is 2.26. The Morgan fingerprint density at radius 3 is 3.06 bits per heavy atom. The predicted molar refractivity (Wildman–Crippen MR) is 65.0 cm³/mol. The van der Waals surface area contributed by atoms with E-state index < -0.39 is 0 Å². The highest BCUT2D eigenvalue weighted by molar-refractivity contribution is 5.85. The summed E-state index contributed by atoms with van der Waals surface area (Å²) in [6, 6.07) is 8.41. The molecule has 0 radical (unpaired) electrons. The SMILES string of the molecule is COC(=O)NC1Cc2[nH]c3ccccc3c2C1. The highest BCUT2D eigenvalue weighted by atomic mass is 16.5. The quantitative estimate of drug-likeness (QED) is 0.787. The third-order valence-corrected chi connectivity index (χ3v) is 3.31. The summed E-state index contributed by atoms with van der Waals surface area (Å²) < 4.78 is 4.61. The molecule has 0 bridgehead atoms. The van der Waals surface area contributed by atoms with Crippen LogP contribution < -0.4 is 5.32 Å². The monoisotopic (exact) mass is 230 g/mol. The maximum absolute atomic E-state index is 11.2. The van der Waals surface area contributed by atoms with Gasteiger partial charge in [-0.3, -0.25) is 0 Å². The fourth-order valence-electron chi connectivity index (χ4n) is 2.56. The molecule has 1 amide bonds. The Bertz CT molecular complexity index is 574. The van der Waals surface area contributed by atoms with Crippen molar-refractivity contribution in [2.45, 2.75) is 18.9 Å². The van der Waals surface area contributed by atoms with Crippen LogP contribution in [-0.4, -0.2) is 24.2 Å². The Balaban J connectivity index is 1.87. The molecule has 88 valence electrons. The average molecular weight is 230 g/mol. The number of aromatic nitrogens is 1. The van der Waals surface area contributed by atoms with Crippen LogP contribution in [0.15, 0.2) is 24.3 Å². The van der Waals surface area contributed by atoms with Crippen LogP contribution in [0.2, 0.25) is 0 Å². The van der Waals surface area contributed by atoms with E-state index in [1.807, 2.05) is 12.1 Å². The standard InChI is InChI=1S/C13H14N2O2/c1-17-13(16)14-8-6-10-9-4-2-3-5-11(9)15-12(10)7-8/h2-5,8,15H,6-7H2,1H3,(H,14,16). The summed E-state index contributed by atoms with van der Waals surface area (Å²) in [6.07, 6.45) is 1.36. The second kappa shape index (κ2) is 3.80. The van der Waals surface area contributed by atoms with E-state index in [0.29, 0.717) is 0 Å². The number of fused-ring (bicyclic) bond motifs is 3. The second-order valence-corrected chi connectivity index (χ2v) is 4.37. The average Bonchev–Trinajstić information content (AvgIpc) is 2.85. The van der Waals surface area contributed by atoms with Gasteiger partial charge in [0.1, 0.15) is 0 Å². The van der Waals surface area contributed by atoms with Gasteiger partial charge in [0.2, 0.25) is 0 Å². The highest BCUT2D eigenvalue weighted by Crippen LogP contribution is 2.29. The van der Waals surface area contributed by atoms with E-state index in [0.717, 1.165) is 12.8 Å². The minimum absolute atomic E-state index is 0.147. The molecule has 0 saturated heterocycles. The molecule has 2 N–H and O–H groups in total. The van der Waals surface area contributed by atoms with Crippen molar-refractivity contribution in [1.29, 1.82) is 0 Å². The molecule has 1 atom stereocenters. The fourth-order valence-corrected chi connectivity index (χ4v) is 2.56. The summed E-state index contributed by atoms with van der Waals surface area (Å²) in [4.78, 5) is 14.6. The number of methoxy groups -OCH3 is 1. The van der Waals surface area contributed by atoms with E-state index >= 15 is 0 Å². The first kappa shape index (κ1) is 10.2. The molecule has 2 aromatic rings. The summed E-state index contributed by atoms with van der Waals surface area (Å²) in [5.74, 6) is 0. The molecule has 1 aliphatic carbocycles. The Morgan fingerprint density at radius 2 is 2.24 bits per heavy atom. The van der Waals surface area contributed by atoms with Gasteiger partial charge in [0.05, 0.1) is 7.11 Å². The van der Waals surface area contributed by atoms with E-state index in [9.17, 15) is 4.79 Å². The number of hydrogen-bond acceptors (Lipinski definition) is 2. The van der Waals surface area contributed by atoms with Gasteiger partial charge in [-0.25, -0.2) is 4.79 Å². The number of hydrogen-bond donors (Lipinski definition) is 2. The molecule has 0 fully saturated rings. The molecule has 3 rings (SSSR count). The van der Waals surface area contributed by atoms with Crippen molar-refractivity contribution in [1.82, 2.24) is 10.3 Å². The smallest absolute Gasteiger partial charge is 0.407 e. The molecule has 1 aromatic heterocycles. The number of aromatic amines is 1. The molecule has 1 unspecified atom stereocenters. The summed E-state index contributed by atoms with van der Waals surface area (Å²) in [5.41, 5.74) is 3.73. The van der Waals surface area contributed by atoms with Crippen LogP contribution in [0.4, 0.5) is 4.79 Å². The summed E-state index contributed by atoms with van der Waals surface area (Å²) in [6.45, 7) is 0. The molecular weight excluding hydrogens is 216 g/mol. The second-order valence-electron chi connectivity index (χ2n) is 4.37. The molecule has 17 heavy (non-hydrogen) atoms. The van der Waals surface area contributed by atoms with Gasteiger partial charge in [0.25, 0.3) is 0 Å². The summed E-state index contributed by atoms with van der Waals surface area (Å²) >= 11 is 0. The van der Waals surface area contributed by atoms with Crippen LogP contribution in [0.3, 0.4) is 0 Å². The predicted octanol–water partition coefficient (Wildman–Crippen LogP) is 1.99. The summed E-state index contributed by atoms with van der Waals surface area (Å²) in [5, 5.41) is 4.11. The first-order valence-electron chi connectivity index (χ1n) is 5.71. The first-order chi connectivity index (χ1) is 8.28. The fraction of sp³-hybridized carbons (Fsp3) is 0.308. The first-order valence-corrected chi connectivity index (χ1v) is 5.71. The zero-order valence-corrected chi connectivity index (χ0v) is 9.62. The zero-order valence-electron chi connectivity index (χ0n) is 9.62. The Labute approximate surface area is 99.0 Å². The van der Waals surface area contributed by atoms with Crippen LogP contribution in [-0.2, 0) is 17.6 Å². The largest absolute Gasteiger partial charge is 0.453 e. The van der Waals surface area contributed by atoms with Gasteiger partial charge in [-0.1, -0.05) is 18.2 Å². The molecule has 1 aromatic carbocycles. The number of carbonyl (C=O) groups is 1. The van der Waals surface area contributed by atoms with Crippen molar-refractivity contribution in [2.75, 3.05) is 7.11 Å². The number of ether oxygens (including phenoxy) is 1. The van der Waals surface area contributed by atoms with Crippen molar-refractivity contribution in [2.24, 2.45) is 0 Å². The van der Waals surface area contributed by atoms with Gasteiger partial charge in [-0.15, -0.1) is 0 Å². The van der Waals surface area contributed by atoms with Gasteiger partial charge in [-0.05, 0) is 18.1 Å². The number of benzene rings is 1. The number of para-hydroxylation sites is 1. The third kappa shape index (κ3) is 1.65. The van der Waals surface area contributed by atoms with Crippen molar-refractivity contribution >= 4 is 17.0 Å². The Kier molecular flexibility index (Phi) is 2.28. The van der Waals surface area contributed by atoms with Crippen LogP contribution in [0.5, 0.6) is 0 Å². The molecule has 0 spiro atoms. The molecular formula is C13H14N2O2. The van der Waals surface area contributed by atoms with Crippen LogP contribution in [0.25, 0.3) is 10.9 Å². The van der Waals surface area contributed by atoms with Crippen LogP contribution >= 0.6 is 0 Å². The minimum atomic E-state index is -0.357. The lowest BCUT2D eigenvalue weighted by Crippen LogP contribution is -2.35. The molecule has 1 aliphatic rings. The van der Waals surface area contributed by atoms with E-state index in [1.54, 1.807) is 0 Å². The molecule has 4 nitrogen and oxygen atoms in total. The van der Waals surface area contributed by atoms with E-state index in [4.69, 9.17) is 0 Å². The summed E-state index contributed by atoms with van der Waals surface area (Å²) in [7, 11) is 1.39. The lowest BCUT2D eigenvalue weighted by Gasteiger charge is -2.10. The van der Waals surface area contributed by atoms with Crippen molar-refractivity contribution in [3.63, 3.8) is 0 Å². The Morgan fingerprint density at radius 1 is 1.41 bits per heavy atom. The van der Waals surface area contributed by atoms with Gasteiger partial charge >= 0.3 is 6.09 Å². The lowest BCUT2D eigenvalue weighted by molar-refractivity contribution is 0.167. The number of alkyl carbamates (subject to hydrolysis) is 1. The van der Waals surface area contributed by atoms with E-state index in [-0.39, 0.29) is 12.1 Å². The van der Waals surface area contributed by atoms with E-state index in [1.165, 1.54) is 29.3 Å². The normalized spacial score (nSPS) is 18.1. The lowest BCUT2D eigenvalue weighted by atomic mass is 10.1. The molecule has 0 saturated carbocycles. The minimum Gasteiger partial charge on any atom is -0.453 e. The van der Waals surface area contributed by atoms with Gasteiger partial charge < -0.3 is 15.0 Å². The third-order valence-electron chi connectivity index (χ3n) is 3.31. The molecule has 0 aliphatic heterocycles. The van der Waals surface area contributed by atoms with Gasteiger partial charge in [0.15, 0.2) is 0 Å². The van der Waals surface area contributed by atoms with Gasteiger partial charge in [0, 0.05) is 29.1 Å². The topological polar surface area (TPSA) is 54.1 Å². The number of carbonyl (C=O) groups excluding carboxylic acids is 1.